The van der Waals surface area contributed by atoms with Gasteiger partial charge in [-0.2, -0.15) is 4.80 Å². The third-order valence-electron chi connectivity index (χ3n) is 1.85. The number of tetrazole rings is 1. The molecule has 15 heavy (non-hydrogen) atoms. The van der Waals surface area contributed by atoms with Crippen molar-refractivity contribution in [2.45, 2.75) is 0 Å². The molecule has 2 rings (SSSR count). The zero-order valence-corrected chi connectivity index (χ0v) is 9.88. The molecule has 2 aromatic rings. The highest BCUT2D eigenvalue weighted by Crippen LogP contribution is 2.18. The molecule has 0 aromatic carbocycles. The lowest BCUT2D eigenvalue weighted by Gasteiger charge is -2.12. The molecular formula is C8H9BrN6. The van der Waals surface area contributed by atoms with Crippen LogP contribution in [0.1, 0.15) is 0 Å². The van der Waals surface area contributed by atoms with E-state index in [4.69, 9.17) is 0 Å². The number of halogens is 1. The Labute approximate surface area is 95.0 Å². The number of pyridine rings is 1. The van der Waals surface area contributed by atoms with Crippen LogP contribution in [0.15, 0.2) is 22.8 Å². The van der Waals surface area contributed by atoms with E-state index in [1.54, 1.807) is 18.1 Å². The van der Waals surface area contributed by atoms with E-state index in [1.165, 1.54) is 4.80 Å². The van der Waals surface area contributed by atoms with E-state index in [9.17, 15) is 0 Å². The monoisotopic (exact) mass is 268 g/mol. The number of anilines is 2. The second kappa shape index (κ2) is 3.93. The van der Waals surface area contributed by atoms with Crippen LogP contribution in [0.25, 0.3) is 0 Å². The van der Waals surface area contributed by atoms with Crippen molar-refractivity contribution in [1.82, 2.24) is 25.2 Å². The highest BCUT2D eigenvalue weighted by Gasteiger charge is 2.09. The van der Waals surface area contributed by atoms with Gasteiger partial charge < -0.3 is 0 Å². The molecule has 0 N–H and O–H groups in total. The van der Waals surface area contributed by atoms with Gasteiger partial charge in [0, 0.05) is 17.7 Å². The van der Waals surface area contributed by atoms with Gasteiger partial charge in [-0.25, -0.2) is 4.98 Å². The minimum atomic E-state index is 0.521. The zero-order chi connectivity index (χ0) is 10.8. The number of nitrogens with zero attached hydrogens (tertiary/aromatic N) is 6. The van der Waals surface area contributed by atoms with Crippen molar-refractivity contribution in [1.29, 1.82) is 0 Å². The summed E-state index contributed by atoms with van der Waals surface area (Å²) in [5.41, 5.74) is 0. The van der Waals surface area contributed by atoms with Crippen molar-refractivity contribution in [2.24, 2.45) is 7.05 Å². The Bertz CT molecular complexity index is 450. The number of hydrogen-bond acceptors (Lipinski definition) is 5. The van der Waals surface area contributed by atoms with Crippen molar-refractivity contribution < 1.29 is 0 Å². The maximum absolute atomic E-state index is 4.23. The Morgan fingerprint density at radius 1 is 1.40 bits per heavy atom. The Morgan fingerprint density at radius 2 is 2.20 bits per heavy atom. The molecule has 2 heterocycles. The molecular weight excluding hydrogens is 260 g/mol. The van der Waals surface area contributed by atoms with Crippen LogP contribution in [-0.4, -0.2) is 32.2 Å². The second-order valence-electron chi connectivity index (χ2n) is 2.97. The summed E-state index contributed by atoms with van der Waals surface area (Å²) in [4.78, 5) is 7.40. The van der Waals surface area contributed by atoms with Crippen molar-refractivity contribution >= 4 is 27.7 Å². The Kier molecular flexibility index (Phi) is 2.63. The van der Waals surface area contributed by atoms with Gasteiger partial charge in [0.05, 0.1) is 7.05 Å². The van der Waals surface area contributed by atoms with E-state index in [-0.39, 0.29) is 0 Å². The van der Waals surface area contributed by atoms with Crippen molar-refractivity contribution in [3.05, 3.63) is 22.8 Å². The van der Waals surface area contributed by atoms with Gasteiger partial charge in [0.25, 0.3) is 5.95 Å². The van der Waals surface area contributed by atoms with Crippen LogP contribution in [0, 0.1) is 0 Å². The third-order valence-corrected chi connectivity index (χ3v) is 2.32. The van der Waals surface area contributed by atoms with Gasteiger partial charge in [-0.1, -0.05) is 5.10 Å². The predicted octanol–water partition coefficient (Wildman–Crippen LogP) is 1.14. The standard InChI is InChI=1S/C8H9BrN6/c1-14(8-11-13-15(2)12-8)7-4-3-6(9)5-10-7/h3-5H,1-2H3. The molecule has 2 aromatic heterocycles. The molecule has 0 bridgehead atoms. The molecule has 0 atom stereocenters. The Balaban J connectivity index is 2.28. The van der Waals surface area contributed by atoms with Gasteiger partial charge in [-0.3, -0.25) is 4.90 Å². The predicted molar refractivity (Wildman–Crippen MR) is 58.8 cm³/mol. The van der Waals surface area contributed by atoms with Crippen molar-refractivity contribution in [3.8, 4) is 0 Å². The first-order valence-electron chi connectivity index (χ1n) is 4.26. The first kappa shape index (κ1) is 10.0. The van der Waals surface area contributed by atoms with Gasteiger partial charge in [-0.05, 0) is 33.3 Å². The molecule has 7 heteroatoms. The lowest BCUT2D eigenvalue weighted by Crippen LogP contribution is -2.12. The quantitative estimate of drug-likeness (QED) is 0.818. The molecule has 0 saturated heterocycles. The fourth-order valence-corrected chi connectivity index (χ4v) is 1.31. The number of aryl methyl sites for hydroxylation is 1. The lowest BCUT2D eigenvalue weighted by atomic mass is 10.4. The van der Waals surface area contributed by atoms with Crippen LogP contribution in [0.2, 0.25) is 0 Å². The summed E-state index contributed by atoms with van der Waals surface area (Å²) < 4.78 is 0.937. The van der Waals surface area contributed by atoms with Crippen LogP contribution in [-0.2, 0) is 7.05 Å². The fraction of sp³-hybridized carbons (Fsp3) is 0.250. The number of aromatic nitrogens is 5. The molecule has 0 spiro atoms. The topological polar surface area (TPSA) is 59.7 Å². The lowest BCUT2D eigenvalue weighted by molar-refractivity contribution is 0.630. The van der Waals surface area contributed by atoms with Crippen molar-refractivity contribution in [2.75, 3.05) is 11.9 Å². The van der Waals surface area contributed by atoms with Gasteiger partial charge in [0.15, 0.2) is 0 Å². The Morgan fingerprint density at radius 3 is 2.73 bits per heavy atom. The summed E-state index contributed by atoms with van der Waals surface area (Å²) in [6.07, 6.45) is 1.72. The molecule has 0 aliphatic rings. The third kappa shape index (κ3) is 2.12. The maximum Gasteiger partial charge on any atom is 0.271 e. The molecule has 0 fully saturated rings. The number of hydrogen-bond donors (Lipinski definition) is 0. The molecule has 0 radical (unpaired) electrons. The second-order valence-corrected chi connectivity index (χ2v) is 3.89. The average Bonchev–Trinajstić information content (AvgIpc) is 2.65. The first-order chi connectivity index (χ1) is 7.16. The molecule has 0 aliphatic carbocycles. The van der Waals surface area contributed by atoms with E-state index in [1.807, 2.05) is 19.2 Å². The van der Waals surface area contributed by atoms with Gasteiger partial charge in [-0.15, -0.1) is 5.10 Å². The number of rotatable bonds is 2. The summed E-state index contributed by atoms with van der Waals surface area (Å²) in [5, 5.41) is 11.7. The summed E-state index contributed by atoms with van der Waals surface area (Å²) in [6, 6.07) is 3.79. The van der Waals surface area contributed by atoms with Crippen LogP contribution in [0.4, 0.5) is 11.8 Å². The molecule has 6 nitrogen and oxygen atoms in total. The van der Waals surface area contributed by atoms with E-state index in [0.29, 0.717) is 5.95 Å². The van der Waals surface area contributed by atoms with Gasteiger partial charge in [0.1, 0.15) is 5.82 Å². The molecule has 78 valence electrons. The van der Waals surface area contributed by atoms with Gasteiger partial charge in [0.2, 0.25) is 0 Å². The maximum atomic E-state index is 4.23. The normalized spacial score (nSPS) is 10.3. The highest BCUT2D eigenvalue weighted by molar-refractivity contribution is 9.10. The van der Waals surface area contributed by atoms with E-state index in [0.717, 1.165) is 10.3 Å². The van der Waals surface area contributed by atoms with E-state index in [2.05, 4.69) is 36.3 Å². The summed E-state index contributed by atoms with van der Waals surface area (Å²) in [6.45, 7) is 0. The van der Waals surface area contributed by atoms with Crippen LogP contribution < -0.4 is 4.90 Å². The Hall–Kier alpha value is -1.50. The van der Waals surface area contributed by atoms with Crippen LogP contribution >= 0.6 is 15.9 Å². The molecule has 0 saturated carbocycles. The largest absolute Gasteiger partial charge is 0.295 e. The van der Waals surface area contributed by atoms with Gasteiger partial charge >= 0.3 is 0 Å². The molecule has 0 amide bonds. The van der Waals surface area contributed by atoms with E-state index >= 15 is 0 Å². The minimum absolute atomic E-state index is 0.521. The van der Waals surface area contributed by atoms with Crippen LogP contribution in [0.3, 0.4) is 0 Å². The molecule has 0 aliphatic heterocycles. The van der Waals surface area contributed by atoms with Crippen LogP contribution in [0.5, 0.6) is 0 Å². The highest BCUT2D eigenvalue weighted by atomic mass is 79.9. The van der Waals surface area contributed by atoms with Crippen molar-refractivity contribution in [3.63, 3.8) is 0 Å². The summed E-state index contributed by atoms with van der Waals surface area (Å²) >= 11 is 3.33. The van der Waals surface area contributed by atoms with E-state index < -0.39 is 0 Å². The zero-order valence-electron chi connectivity index (χ0n) is 8.29. The summed E-state index contributed by atoms with van der Waals surface area (Å²) in [5.74, 6) is 1.29. The summed E-state index contributed by atoms with van der Waals surface area (Å²) in [7, 11) is 3.56. The average molecular weight is 269 g/mol. The molecule has 0 unspecified atom stereocenters. The fourth-order valence-electron chi connectivity index (χ4n) is 1.08. The minimum Gasteiger partial charge on any atom is -0.295 e. The first-order valence-corrected chi connectivity index (χ1v) is 5.05. The SMILES string of the molecule is CN(c1ccc(Br)cn1)c1nnn(C)n1. The smallest absolute Gasteiger partial charge is 0.271 e.